The van der Waals surface area contributed by atoms with Crippen molar-refractivity contribution in [1.29, 1.82) is 0 Å². The molecule has 0 unspecified atom stereocenters. The molecule has 26 heavy (non-hydrogen) atoms. The molecular formula is C18H19N5O2S. The zero-order chi connectivity index (χ0) is 18.8. The molecule has 0 fully saturated rings. The van der Waals surface area contributed by atoms with Gasteiger partial charge in [0.15, 0.2) is 5.82 Å². The topological polar surface area (TPSA) is 91.8 Å². The van der Waals surface area contributed by atoms with Gasteiger partial charge in [0.05, 0.1) is 16.7 Å². The van der Waals surface area contributed by atoms with Crippen molar-refractivity contribution in [3.05, 3.63) is 62.1 Å². The first kappa shape index (κ1) is 17.9. The summed E-state index contributed by atoms with van der Waals surface area (Å²) >= 11 is 1.59. The lowest BCUT2D eigenvalue weighted by molar-refractivity contribution is 0.0737. The summed E-state index contributed by atoms with van der Waals surface area (Å²) < 4.78 is 0. The van der Waals surface area contributed by atoms with Crippen LogP contribution in [0, 0.1) is 13.8 Å². The largest absolute Gasteiger partial charge is 0.333 e. The first-order valence-corrected chi connectivity index (χ1v) is 8.92. The molecule has 1 N–H and O–H groups in total. The van der Waals surface area contributed by atoms with Crippen LogP contribution >= 0.6 is 11.3 Å². The average Bonchev–Trinajstić information content (AvgIpc) is 2.98. The summed E-state index contributed by atoms with van der Waals surface area (Å²) in [5.41, 5.74) is 0.885. The van der Waals surface area contributed by atoms with Crippen LogP contribution in [-0.2, 0) is 0 Å². The van der Waals surface area contributed by atoms with Gasteiger partial charge < -0.3 is 9.88 Å². The lowest BCUT2D eigenvalue weighted by atomic mass is 10.1. The molecule has 7 nitrogen and oxygen atoms in total. The molecule has 0 bridgehead atoms. The Morgan fingerprint density at radius 3 is 2.62 bits per heavy atom. The second-order valence-corrected chi connectivity index (χ2v) is 7.36. The number of hydrogen-bond acceptors (Lipinski definition) is 6. The Labute approximate surface area is 154 Å². The Morgan fingerprint density at radius 2 is 2.04 bits per heavy atom. The molecule has 0 spiro atoms. The predicted molar refractivity (Wildman–Crippen MR) is 100 cm³/mol. The Hall–Kier alpha value is -2.87. The summed E-state index contributed by atoms with van der Waals surface area (Å²) in [6.07, 6.45) is 2.91. The number of aromatic nitrogens is 4. The zero-order valence-electron chi connectivity index (χ0n) is 15.0. The molecule has 8 heteroatoms. The molecule has 3 rings (SSSR count). The Balaban J connectivity index is 1.87. The van der Waals surface area contributed by atoms with Crippen molar-refractivity contribution in [3.63, 3.8) is 0 Å². The molecular weight excluding hydrogens is 350 g/mol. The minimum Gasteiger partial charge on any atom is -0.333 e. The van der Waals surface area contributed by atoms with Crippen molar-refractivity contribution in [3.8, 4) is 11.5 Å². The van der Waals surface area contributed by atoms with Gasteiger partial charge in [-0.25, -0.2) is 9.97 Å². The van der Waals surface area contributed by atoms with Crippen molar-refractivity contribution in [2.24, 2.45) is 0 Å². The second-order valence-electron chi connectivity index (χ2n) is 5.96. The standard InChI is InChI=1S/C18H19N5O2S/c1-10(15-11(2)26-12(3)21-15)23(4)18(25)13-9-20-16(22-17(13)24)14-7-5-6-8-19-14/h5-10H,1-4H3,(H,20,22,24)/t10-/m1/s1. The van der Waals surface area contributed by atoms with Gasteiger partial charge in [0, 0.05) is 24.3 Å². The molecule has 134 valence electrons. The molecule has 0 aliphatic heterocycles. The van der Waals surface area contributed by atoms with Crippen LogP contribution < -0.4 is 5.56 Å². The van der Waals surface area contributed by atoms with E-state index in [-0.39, 0.29) is 11.6 Å². The number of nitrogens with zero attached hydrogens (tertiary/aromatic N) is 4. The van der Waals surface area contributed by atoms with Crippen LogP contribution in [0.25, 0.3) is 11.5 Å². The molecule has 0 saturated heterocycles. The monoisotopic (exact) mass is 369 g/mol. The maximum absolute atomic E-state index is 12.8. The van der Waals surface area contributed by atoms with Crippen LogP contribution in [-0.4, -0.2) is 37.8 Å². The highest BCUT2D eigenvalue weighted by Gasteiger charge is 2.25. The van der Waals surface area contributed by atoms with Crippen LogP contribution in [0.3, 0.4) is 0 Å². The van der Waals surface area contributed by atoms with Gasteiger partial charge in [-0.2, -0.15) is 0 Å². The van der Waals surface area contributed by atoms with Crippen molar-refractivity contribution in [1.82, 2.24) is 24.8 Å². The maximum atomic E-state index is 12.8. The Kier molecular flexibility index (Phi) is 4.94. The molecule has 0 saturated carbocycles. The number of aromatic amines is 1. The van der Waals surface area contributed by atoms with Crippen molar-refractivity contribution < 1.29 is 4.79 Å². The first-order valence-electron chi connectivity index (χ1n) is 8.10. The third kappa shape index (κ3) is 3.41. The van der Waals surface area contributed by atoms with Gasteiger partial charge in [-0.1, -0.05) is 6.07 Å². The maximum Gasteiger partial charge on any atom is 0.264 e. The van der Waals surface area contributed by atoms with E-state index in [9.17, 15) is 9.59 Å². The van der Waals surface area contributed by atoms with E-state index >= 15 is 0 Å². The molecule has 1 amide bonds. The number of H-pyrrole nitrogens is 1. The van der Waals surface area contributed by atoms with E-state index in [1.807, 2.05) is 20.8 Å². The summed E-state index contributed by atoms with van der Waals surface area (Å²) in [4.78, 5) is 43.2. The van der Waals surface area contributed by atoms with E-state index in [0.717, 1.165) is 15.6 Å². The highest BCUT2D eigenvalue weighted by Crippen LogP contribution is 2.26. The predicted octanol–water partition coefficient (Wildman–Crippen LogP) is 2.74. The number of hydrogen-bond donors (Lipinski definition) is 1. The molecule has 0 radical (unpaired) electrons. The van der Waals surface area contributed by atoms with Crippen molar-refractivity contribution in [2.75, 3.05) is 7.05 Å². The van der Waals surface area contributed by atoms with Crippen molar-refractivity contribution in [2.45, 2.75) is 26.8 Å². The number of nitrogens with one attached hydrogen (secondary N) is 1. The Bertz CT molecular complexity index is 996. The van der Waals surface area contributed by atoms with Crippen LogP contribution in [0.4, 0.5) is 0 Å². The number of amides is 1. The van der Waals surface area contributed by atoms with Crippen LogP contribution in [0.5, 0.6) is 0 Å². The van der Waals surface area contributed by atoms with Gasteiger partial charge in [0.25, 0.3) is 11.5 Å². The molecule has 3 aromatic heterocycles. The minimum absolute atomic E-state index is 0.0105. The lowest BCUT2D eigenvalue weighted by Crippen LogP contribution is -2.34. The molecule has 3 heterocycles. The quantitative estimate of drug-likeness (QED) is 0.763. The summed E-state index contributed by atoms with van der Waals surface area (Å²) in [5, 5.41) is 0.949. The van der Waals surface area contributed by atoms with Gasteiger partial charge in [0.2, 0.25) is 0 Å². The summed E-state index contributed by atoms with van der Waals surface area (Å²) in [6, 6.07) is 5.07. The highest BCUT2D eigenvalue weighted by molar-refractivity contribution is 7.11. The average molecular weight is 369 g/mol. The second kappa shape index (κ2) is 7.17. The van der Waals surface area contributed by atoms with E-state index in [2.05, 4.69) is 19.9 Å². The van der Waals surface area contributed by atoms with Gasteiger partial charge in [-0.3, -0.25) is 14.6 Å². The van der Waals surface area contributed by atoms with Gasteiger partial charge in [-0.05, 0) is 32.9 Å². The van der Waals surface area contributed by atoms with Crippen molar-refractivity contribution >= 4 is 17.2 Å². The number of thiazole rings is 1. The van der Waals surface area contributed by atoms with Crippen LogP contribution in [0.15, 0.2) is 35.4 Å². The third-order valence-electron chi connectivity index (χ3n) is 4.17. The number of rotatable bonds is 4. The Morgan fingerprint density at radius 1 is 1.27 bits per heavy atom. The first-order chi connectivity index (χ1) is 12.4. The normalized spacial score (nSPS) is 12.0. The van der Waals surface area contributed by atoms with E-state index < -0.39 is 11.5 Å². The summed E-state index contributed by atoms with van der Waals surface area (Å²) in [7, 11) is 1.66. The third-order valence-corrected chi connectivity index (χ3v) is 5.08. The fraction of sp³-hybridized carbons (Fsp3) is 0.278. The SMILES string of the molecule is Cc1nc([C@@H](C)N(C)C(=O)c2cnc(-c3ccccn3)[nH]c2=O)c(C)s1. The molecule has 1 atom stereocenters. The molecule has 0 aromatic carbocycles. The summed E-state index contributed by atoms with van der Waals surface area (Å²) in [6.45, 7) is 5.80. The minimum atomic E-state index is -0.490. The molecule has 0 aliphatic rings. The zero-order valence-corrected chi connectivity index (χ0v) is 15.8. The lowest BCUT2D eigenvalue weighted by Gasteiger charge is -2.24. The number of carbonyl (C=O) groups excluding carboxylic acids is 1. The van der Waals surface area contributed by atoms with E-state index in [1.54, 1.807) is 42.8 Å². The fourth-order valence-electron chi connectivity index (χ4n) is 2.66. The molecule has 3 aromatic rings. The summed E-state index contributed by atoms with van der Waals surface area (Å²) in [5.74, 6) is -0.0716. The van der Waals surface area contributed by atoms with E-state index in [0.29, 0.717) is 11.5 Å². The van der Waals surface area contributed by atoms with E-state index in [4.69, 9.17) is 0 Å². The number of carbonyl (C=O) groups is 1. The van der Waals surface area contributed by atoms with Crippen LogP contribution in [0.2, 0.25) is 0 Å². The van der Waals surface area contributed by atoms with E-state index in [1.165, 1.54) is 11.1 Å². The van der Waals surface area contributed by atoms with Gasteiger partial charge >= 0.3 is 0 Å². The molecule has 0 aliphatic carbocycles. The van der Waals surface area contributed by atoms with Gasteiger partial charge in [-0.15, -0.1) is 11.3 Å². The highest BCUT2D eigenvalue weighted by atomic mass is 32.1. The number of pyridine rings is 1. The smallest absolute Gasteiger partial charge is 0.264 e. The van der Waals surface area contributed by atoms with Crippen LogP contribution in [0.1, 0.15) is 38.9 Å². The fourth-order valence-corrected chi connectivity index (χ4v) is 3.57. The number of aryl methyl sites for hydroxylation is 2. The van der Waals surface area contributed by atoms with Gasteiger partial charge in [0.1, 0.15) is 11.3 Å².